The van der Waals surface area contributed by atoms with Gasteiger partial charge in [0.25, 0.3) is 5.89 Å². The fourth-order valence-electron chi connectivity index (χ4n) is 4.05. The lowest BCUT2D eigenvalue weighted by Gasteiger charge is -2.25. The zero-order valence-electron chi connectivity index (χ0n) is 16.7. The van der Waals surface area contributed by atoms with E-state index in [1.54, 1.807) is 6.92 Å². The number of sulfonamides is 1. The summed E-state index contributed by atoms with van der Waals surface area (Å²) in [6, 6.07) is 3.56. The Balaban J connectivity index is 1.66. The van der Waals surface area contributed by atoms with E-state index in [4.69, 9.17) is 8.83 Å². The first kappa shape index (κ1) is 20.0. The van der Waals surface area contributed by atoms with Crippen LogP contribution in [0.1, 0.15) is 56.4 Å². The Bertz CT molecular complexity index is 1000. The average molecular weight is 419 g/mol. The van der Waals surface area contributed by atoms with E-state index in [-0.39, 0.29) is 22.2 Å². The summed E-state index contributed by atoms with van der Waals surface area (Å²) in [5.74, 6) is 1.12. The number of aryl methyl sites for hydroxylation is 1. The summed E-state index contributed by atoms with van der Waals surface area (Å²) in [6.07, 6.45) is 7.19. The summed E-state index contributed by atoms with van der Waals surface area (Å²) in [7, 11) is -3.62. The zero-order valence-corrected chi connectivity index (χ0v) is 17.5. The Hall–Kier alpha value is -2.31. The molecule has 4 heterocycles. The highest BCUT2D eigenvalue weighted by Crippen LogP contribution is 2.34. The summed E-state index contributed by atoms with van der Waals surface area (Å²) in [5.41, 5.74) is 0.205. The monoisotopic (exact) mass is 418 g/mol. The molecular weight excluding hydrogens is 392 g/mol. The second-order valence-electron chi connectivity index (χ2n) is 7.68. The smallest absolute Gasteiger partial charge is 0.266 e. The van der Waals surface area contributed by atoms with Crippen LogP contribution in [0, 0.1) is 18.3 Å². The second-order valence-corrected chi connectivity index (χ2v) is 9.59. The van der Waals surface area contributed by atoms with Gasteiger partial charge >= 0.3 is 0 Å². The summed E-state index contributed by atoms with van der Waals surface area (Å²) >= 11 is 0. The number of oxazole rings is 1. The molecule has 0 saturated carbocycles. The van der Waals surface area contributed by atoms with E-state index in [1.165, 1.54) is 10.4 Å². The largest absolute Gasteiger partial charge is 0.455 e. The summed E-state index contributed by atoms with van der Waals surface area (Å²) in [4.78, 5) is 6.47. The normalized spacial score (nSPS) is 19.1. The summed E-state index contributed by atoms with van der Waals surface area (Å²) in [5, 5.41) is 9.51. The number of rotatable bonds is 4. The van der Waals surface area contributed by atoms with E-state index in [0.29, 0.717) is 24.7 Å². The van der Waals surface area contributed by atoms with Gasteiger partial charge in [-0.2, -0.15) is 14.6 Å². The molecule has 2 aromatic rings. The number of furan rings is 1. The molecule has 2 saturated heterocycles. The average Bonchev–Trinajstić information content (AvgIpc) is 3.23. The second kappa shape index (κ2) is 8.20. The van der Waals surface area contributed by atoms with Crippen LogP contribution in [0.5, 0.6) is 0 Å². The quantitative estimate of drug-likeness (QED) is 0.746. The third kappa shape index (κ3) is 3.91. The molecule has 0 N–H and O–H groups in total. The Morgan fingerprint density at radius 1 is 1.00 bits per heavy atom. The van der Waals surface area contributed by atoms with Gasteiger partial charge in [0.2, 0.25) is 21.6 Å². The molecule has 29 heavy (non-hydrogen) atoms. The van der Waals surface area contributed by atoms with Gasteiger partial charge in [0.15, 0.2) is 5.76 Å². The highest BCUT2D eigenvalue weighted by Gasteiger charge is 2.31. The lowest BCUT2D eigenvalue weighted by atomic mass is 10.2. The number of nitrogens with zero attached hydrogens (tertiary/aromatic N) is 4. The maximum absolute atomic E-state index is 13.0. The summed E-state index contributed by atoms with van der Waals surface area (Å²) < 4.78 is 39.2. The van der Waals surface area contributed by atoms with Gasteiger partial charge in [-0.3, -0.25) is 0 Å². The van der Waals surface area contributed by atoms with Gasteiger partial charge in [-0.15, -0.1) is 0 Å². The molecule has 156 valence electrons. The molecule has 0 aliphatic carbocycles. The topological polar surface area (TPSA) is 104 Å². The molecule has 0 atom stereocenters. The number of hydrogen-bond acceptors (Lipinski definition) is 7. The Kier molecular flexibility index (Phi) is 5.65. The first-order valence-corrected chi connectivity index (χ1v) is 11.7. The Morgan fingerprint density at radius 3 is 2.28 bits per heavy atom. The van der Waals surface area contributed by atoms with E-state index in [9.17, 15) is 13.7 Å². The molecule has 0 unspecified atom stereocenters. The fraction of sp³-hybridized carbons (Fsp3) is 0.600. The van der Waals surface area contributed by atoms with Crippen LogP contribution in [-0.2, 0) is 10.0 Å². The Morgan fingerprint density at radius 2 is 1.62 bits per heavy atom. The molecule has 0 aromatic carbocycles. The molecule has 9 heteroatoms. The molecule has 2 fully saturated rings. The first-order chi connectivity index (χ1) is 14.0. The standard InChI is InChI=1S/C20H26N4O4S/c1-15-18(29(25,26)24-11-7-4-8-12-24)13-17(27-15)19-22-16(14-21)20(28-19)23-9-5-2-3-6-10-23/h13H,2-12H2,1H3. The molecule has 8 nitrogen and oxygen atoms in total. The molecule has 4 rings (SSSR count). The van der Waals surface area contributed by atoms with Gasteiger partial charge in [-0.05, 0) is 32.6 Å². The van der Waals surface area contributed by atoms with E-state index in [0.717, 1.165) is 58.0 Å². The minimum absolute atomic E-state index is 0.141. The van der Waals surface area contributed by atoms with Gasteiger partial charge in [-0.1, -0.05) is 19.3 Å². The molecule has 0 bridgehead atoms. The SMILES string of the molecule is Cc1oc(-c2nc(C#N)c(N3CCCCCC3)o2)cc1S(=O)(=O)N1CCCCC1. The van der Waals surface area contributed by atoms with Crippen LogP contribution < -0.4 is 4.90 Å². The van der Waals surface area contributed by atoms with Gasteiger partial charge in [0, 0.05) is 32.2 Å². The van der Waals surface area contributed by atoms with E-state index in [2.05, 4.69) is 11.1 Å². The molecule has 2 aromatic heterocycles. The number of piperidine rings is 1. The highest BCUT2D eigenvalue weighted by molar-refractivity contribution is 7.89. The van der Waals surface area contributed by atoms with Crippen LogP contribution >= 0.6 is 0 Å². The number of anilines is 1. The van der Waals surface area contributed by atoms with Gasteiger partial charge in [0.05, 0.1) is 0 Å². The van der Waals surface area contributed by atoms with Gasteiger partial charge in [0.1, 0.15) is 16.7 Å². The maximum atomic E-state index is 13.0. The van der Waals surface area contributed by atoms with Crippen molar-refractivity contribution in [3.05, 3.63) is 17.5 Å². The minimum atomic E-state index is -3.62. The van der Waals surface area contributed by atoms with Gasteiger partial charge in [-0.25, -0.2) is 8.42 Å². The third-order valence-electron chi connectivity index (χ3n) is 5.62. The van der Waals surface area contributed by atoms with Crippen molar-refractivity contribution in [2.75, 3.05) is 31.1 Å². The van der Waals surface area contributed by atoms with E-state index >= 15 is 0 Å². The zero-order chi connectivity index (χ0) is 20.4. The molecule has 0 spiro atoms. The van der Waals surface area contributed by atoms with E-state index in [1.807, 2.05) is 4.90 Å². The Labute approximate surface area is 171 Å². The van der Waals surface area contributed by atoms with Crippen molar-refractivity contribution in [1.82, 2.24) is 9.29 Å². The number of hydrogen-bond donors (Lipinski definition) is 0. The third-order valence-corrected chi connectivity index (χ3v) is 7.63. The van der Waals surface area contributed by atoms with Crippen LogP contribution in [0.15, 0.2) is 19.8 Å². The predicted molar refractivity (Wildman–Crippen MR) is 107 cm³/mol. The van der Waals surface area contributed by atoms with Crippen molar-refractivity contribution >= 4 is 15.9 Å². The van der Waals surface area contributed by atoms with Crippen LogP contribution in [-0.4, -0.2) is 43.9 Å². The number of aromatic nitrogens is 1. The minimum Gasteiger partial charge on any atom is -0.455 e. The molecule has 2 aliphatic heterocycles. The van der Waals surface area contributed by atoms with Crippen molar-refractivity contribution < 1.29 is 17.3 Å². The lowest BCUT2D eigenvalue weighted by molar-refractivity contribution is 0.346. The number of nitriles is 1. The molecule has 2 aliphatic rings. The van der Waals surface area contributed by atoms with Crippen molar-refractivity contribution in [2.24, 2.45) is 0 Å². The predicted octanol–water partition coefficient (Wildman–Crippen LogP) is 3.67. The van der Waals surface area contributed by atoms with Crippen LogP contribution in [0.4, 0.5) is 5.88 Å². The summed E-state index contributed by atoms with van der Waals surface area (Å²) in [6.45, 7) is 4.31. The lowest BCUT2D eigenvalue weighted by Crippen LogP contribution is -2.35. The van der Waals surface area contributed by atoms with Crippen LogP contribution in [0.3, 0.4) is 0 Å². The van der Waals surface area contributed by atoms with Gasteiger partial charge < -0.3 is 13.7 Å². The fourth-order valence-corrected chi connectivity index (χ4v) is 5.73. The van der Waals surface area contributed by atoms with Crippen molar-refractivity contribution in [3.8, 4) is 17.7 Å². The van der Waals surface area contributed by atoms with Crippen LogP contribution in [0.25, 0.3) is 11.7 Å². The van der Waals surface area contributed by atoms with E-state index < -0.39 is 10.0 Å². The first-order valence-electron chi connectivity index (χ1n) is 10.3. The highest BCUT2D eigenvalue weighted by atomic mass is 32.2. The maximum Gasteiger partial charge on any atom is 0.266 e. The van der Waals surface area contributed by atoms with Crippen molar-refractivity contribution in [2.45, 2.75) is 56.8 Å². The molecule has 0 radical (unpaired) electrons. The van der Waals surface area contributed by atoms with Crippen molar-refractivity contribution in [1.29, 1.82) is 5.26 Å². The van der Waals surface area contributed by atoms with Crippen LogP contribution in [0.2, 0.25) is 0 Å². The van der Waals surface area contributed by atoms with Crippen molar-refractivity contribution in [3.63, 3.8) is 0 Å². The molecule has 0 amide bonds. The molecular formula is C20H26N4O4S.